The molecule has 7 heteroatoms. The molecule has 1 aromatic rings. The fraction of sp³-hybridized carbons (Fsp3) is 0.556. The van der Waals surface area contributed by atoms with Gasteiger partial charge in [-0.25, -0.2) is 0 Å². The molecule has 1 amide bonds. The van der Waals surface area contributed by atoms with Crippen molar-refractivity contribution in [3.05, 3.63) is 10.6 Å². The molecule has 1 aliphatic rings. The van der Waals surface area contributed by atoms with E-state index in [2.05, 4.69) is 9.59 Å². The Balaban J connectivity index is 2.22. The van der Waals surface area contributed by atoms with E-state index in [-0.39, 0.29) is 11.9 Å². The van der Waals surface area contributed by atoms with E-state index in [1.165, 1.54) is 0 Å². The van der Waals surface area contributed by atoms with Gasteiger partial charge in [0.2, 0.25) is 0 Å². The average molecular weight is 256 g/mol. The normalized spacial score (nSPS) is 20.1. The molecule has 1 saturated heterocycles. The smallest absolute Gasteiger partial charge is 0.268 e. The molecule has 0 aliphatic carbocycles. The summed E-state index contributed by atoms with van der Waals surface area (Å²) in [7, 11) is 0. The number of carbonyl (C=O) groups is 1. The minimum atomic E-state index is -0.107. The second kappa shape index (κ2) is 4.42. The van der Waals surface area contributed by atoms with E-state index in [0.717, 1.165) is 24.4 Å². The lowest BCUT2D eigenvalue weighted by molar-refractivity contribution is 0.0774. The highest BCUT2D eigenvalue weighted by atomic mass is 32.1. The van der Waals surface area contributed by atoms with Crippen LogP contribution in [0.3, 0.4) is 0 Å². The largest absolute Gasteiger partial charge is 0.392 e. The standard InChI is InChI=1S/C9H12N4OS2/c1-5-7(16-12-11-5)9(14)13-4-2-3-6(13)8(10)15/h6H,2-4H2,1H3,(H2,10,15). The maximum atomic E-state index is 12.2. The Hall–Kier alpha value is -1.08. The quantitative estimate of drug-likeness (QED) is 0.790. The van der Waals surface area contributed by atoms with Crippen LogP contribution in [-0.4, -0.2) is 38.0 Å². The molecule has 1 fully saturated rings. The van der Waals surface area contributed by atoms with E-state index in [1.54, 1.807) is 11.8 Å². The van der Waals surface area contributed by atoms with Gasteiger partial charge in [0.15, 0.2) is 0 Å². The van der Waals surface area contributed by atoms with Gasteiger partial charge in [0.05, 0.1) is 16.7 Å². The number of hydrogen-bond donors (Lipinski definition) is 1. The predicted molar refractivity (Wildman–Crippen MR) is 65.5 cm³/mol. The van der Waals surface area contributed by atoms with Crippen molar-refractivity contribution in [2.75, 3.05) is 6.54 Å². The minimum Gasteiger partial charge on any atom is -0.392 e. The molecule has 0 radical (unpaired) electrons. The van der Waals surface area contributed by atoms with Crippen molar-refractivity contribution in [3.8, 4) is 0 Å². The number of thiocarbonyl (C=S) groups is 1. The van der Waals surface area contributed by atoms with Crippen LogP contribution in [-0.2, 0) is 0 Å². The lowest BCUT2D eigenvalue weighted by Crippen LogP contribution is -2.42. The Bertz CT molecular complexity index is 431. The molecule has 86 valence electrons. The van der Waals surface area contributed by atoms with Gasteiger partial charge in [-0.3, -0.25) is 4.79 Å². The summed E-state index contributed by atoms with van der Waals surface area (Å²) in [5.41, 5.74) is 6.30. The summed E-state index contributed by atoms with van der Waals surface area (Å²) in [5.74, 6) is -0.0530. The third kappa shape index (κ3) is 1.92. The number of nitrogens with zero attached hydrogens (tertiary/aromatic N) is 3. The minimum absolute atomic E-state index is 0.0530. The van der Waals surface area contributed by atoms with Gasteiger partial charge in [-0.05, 0) is 31.3 Å². The monoisotopic (exact) mass is 256 g/mol. The highest BCUT2D eigenvalue weighted by Gasteiger charge is 2.32. The number of aryl methyl sites for hydroxylation is 1. The Kier molecular flexibility index (Phi) is 3.15. The third-order valence-electron chi connectivity index (χ3n) is 2.69. The van der Waals surface area contributed by atoms with Gasteiger partial charge in [0.25, 0.3) is 5.91 Å². The van der Waals surface area contributed by atoms with Crippen molar-refractivity contribution in [1.82, 2.24) is 14.5 Å². The Labute approximate surface area is 103 Å². The zero-order valence-electron chi connectivity index (χ0n) is 8.84. The molecule has 1 aliphatic heterocycles. The first kappa shape index (κ1) is 11.4. The van der Waals surface area contributed by atoms with Crippen molar-refractivity contribution in [3.63, 3.8) is 0 Å². The van der Waals surface area contributed by atoms with Crippen LogP contribution in [0.15, 0.2) is 0 Å². The highest BCUT2D eigenvalue weighted by molar-refractivity contribution is 7.80. The van der Waals surface area contributed by atoms with Crippen LogP contribution in [0.2, 0.25) is 0 Å². The molecule has 1 aromatic heterocycles. The molecule has 5 nitrogen and oxygen atoms in total. The Morgan fingerprint density at radius 2 is 2.44 bits per heavy atom. The molecule has 1 atom stereocenters. The predicted octanol–water partition coefficient (Wildman–Crippen LogP) is 0.737. The molecule has 2 N–H and O–H groups in total. The number of hydrogen-bond acceptors (Lipinski definition) is 5. The average Bonchev–Trinajstić information content (AvgIpc) is 2.84. The Morgan fingerprint density at radius 3 is 3.00 bits per heavy atom. The summed E-state index contributed by atoms with van der Waals surface area (Å²) >= 11 is 6.09. The summed E-state index contributed by atoms with van der Waals surface area (Å²) < 4.78 is 3.76. The topological polar surface area (TPSA) is 72.1 Å². The van der Waals surface area contributed by atoms with Crippen molar-refractivity contribution in [2.45, 2.75) is 25.8 Å². The molecule has 0 aromatic carbocycles. The fourth-order valence-electron chi connectivity index (χ4n) is 1.86. The van der Waals surface area contributed by atoms with Crippen LogP contribution >= 0.6 is 23.8 Å². The summed E-state index contributed by atoms with van der Waals surface area (Å²) in [6.07, 6.45) is 1.80. The van der Waals surface area contributed by atoms with Gasteiger partial charge in [-0.1, -0.05) is 16.7 Å². The summed E-state index contributed by atoms with van der Waals surface area (Å²) in [5, 5.41) is 3.84. The van der Waals surface area contributed by atoms with E-state index >= 15 is 0 Å². The first-order chi connectivity index (χ1) is 7.61. The number of nitrogens with two attached hydrogens (primary N) is 1. The van der Waals surface area contributed by atoms with Gasteiger partial charge < -0.3 is 10.6 Å². The number of carbonyl (C=O) groups excluding carboxylic acids is 1. The number of rotatable bonds is 2. The Morgan fingerprint density at radius 1 is 1.69 bits per heavy atom. The number of amides is 1. The van der Waals surface area contributed by atoms with Crippen molar-refractivity contribution in [2.24, 2.45) is 5.73 Å². The zero-order valence-corrected chi connectivity index (χ0v) is 10.5. The maximum Gasteiger partial charge on any atom is 0.268 e. The van der Waals surface area contributed by atoms with Crippen LogP contribution in [0.25, 0.3) is 0 Å². The lowest BCUT2D eigenvalue weighted by atomic mass is 10.2. The second-order valence-corrected chi connectivity index (χ2v) is 4.97. The van der Waals surface area contributed by atoms with Gasteiger partial charge in [0, 0.05) is 6.54 Å². The third-order valence-corrected chi connectivity index (χ3v) is 3.78. The highest BCUT2D eigenvalue weighted by Crippen LogP contribution is 2.22. The van der Waals surface area contributed by atoms with Crippen molar-refractivity contribution >= 4 is 34.6 Å². The van der Waals surface area contributed by atoms with Crippen LogP contribution in [0.1, 0.15) is 28.2 Å². The van der Waals surface area contributed by atoms with E-state index in [9.17, 15) is 4.79 Å². The van der Waals surface area contributed by atoms with Gasteiger partial charge in [0.1, 0.15) is 4.88 Å². The van der Waals surface area contributed by atoms with Gasteiger partial charge >= 0.3 is 0 Å². The molecule has 2 rings (SSSR count). The van der Waals surface area contributed by atoms with Crippen LogP contribution in [0.5, 0.6) is 0 Å². The molecule has 0 spiro atoms. The zero-order chi connectivity index (χ0) is 11.7. The molecular formula is C9H12N4OS2. The van der Waals surface area contributed by atoms with Crippen LogP contribution < -0.4 is 5.73 Å². The van der Waals surface area contributed by atoms with Crippen LogP contribution in [0, 0.1) is 6.92 Å². The molecule has 16 heavy (non-hydrogen) atoms. The van der Waals surface area contributed by atoms with E-state index in [4.69, 9.17) is 18.0 Å². The number of likely N-dealkylation sites (tertiary alicyclic amines) is 1. The molecular weight excluding hydrogens is 244 g/mol. The summed E-state index contributed by atoms with van der Waals surface area (Å²) in [6.45, 7) is 2.49. The summed E-state index contributed by atoms with van der Waals surface area (Å²) in [6, 6.07) is -0.107. The number of aromatic nitrogens is 2. The lowest BCUT2D eigenvalue weighted by Gasteiger charge is -2.22. The SMILES string of the molecule is Cc1nnsc1C(=O)N1CCCC1C(N)=S. The van der Waals surface area contributed by atoms with Gasteiger partial charge in [-0.15, -0.1) is 5.10 Å². The summed E-state index contributed by atoms with van der Waals surface area (Å²) in [4.78, 5) is 14.9. The molecule has 2 heterocycles. The first-order valence-corrected chi connectivity index (χ1v) is 6.18. The molecule has 0 bridgehead atoms. The van der Waals surface area contributed by atoms with Crippen molar-refractivity contribution in [1.29, 1.82) is 0 Å². The maximum absolute atomic E-state index is 12.2. The first-order valence-electron chi connectivity index (χ1n) is 5.00. The van der Waals surface area contributed by atoms with Gasteiger partial charge in [-0.2, -0.15) is 0 Å². The molecule has 1 unspecified atom stereocenters. The van der Waals surface area contributed by atoms with E-state index in [0.29, 0.717) is 22.1 Å². The second-order valence-electron chi connectivity index (χ2n) is 3.75. The van der Waals surface area contributed by atoms with Crippen molar-refractivity contribution < 1.29 is 4.79 Å². The van der Waals surface area contributed by atoms with Crippen LogP contribution in [0.4, 0.5) is 0 Å². The fourth-order valence-corrected chi connectivity index (χ4v) is 2.72. The van der Waals surface area contributed by atoms with E-state index in [1.807, 2.05) is 0 Å². The molecule has 0 saturated carbocycles. The van der Waals surface area contributed by atoms with E-state index < -0.39 is 0 Å².